The fourth-order valence-corrected chi connectivity index (χ4v) is 3.29. The van der Waals surface area contributed by atoms with Crippen LogP contribution in [0.2, 0.25) is 0 Å². The molecule has 0 radical (unpaired) electrons. The number of aromatic amines is 1. The average Bonchev–Trinajstić information content (AvgIpc) is 3.12. The van der Waals surface area contributed by atoms with E-state index in [9.17, 15) is 0 Å². The van der Waals surface area contributed by atoms with Crippen molar-refractivity contribution in [1.82, 2.24) is 25.5 Å². The predicted octanol–water partition coefficient (Wildman–Crippen LogP) is 1.77. The van der Waals surface area contributed by atoms with Crippen molar-refractivity contribution in [2.45, 2.75) is 32.7 Å². The van der Waals surface area contributed by atoms with Crippen molar-refractivity contribution in [3.05, 3.63) is 30.1 Å². The lowest BCUT2D eigenvalue weighted by Gasteiger charge is -2.31. The van der Waals surface area contributed by atoms with Gasteiger partial charge in [0.25, 0.3) is 0 Å². The summed E-state index contributed by atoms with van der Waals surface area (Å²) in [7, 11) is 0. The Kier molecular flexibility index (Phi) is 7.47. The van der Waals surface area contributed by atoms with Crippen LogP contribution < -0.4 is 10.6 Å². The zero-order valence-electron chi connectivity index (χ0n) is 16.5. The molecule has 7 nitrogen and oxygen atoms in total. The van der Waals surface area contributed by atoms with Crippen LogP contribution in [0.1, 0.15) is 26.1 Å². The van der Waals surface area contributed by atoms with Gasteiger partial charge in [-0.1, -0.05) is 12.1 Å². The van der Waals surface area contributed by atoms with E-state index in [2.05, 4.69) is 45.4 Å². The van der Waals surface area contributed by atoms with Crippen molar-refractivity contribution in [2.24, 2.45) is 4.99 Å². The second-order valence-electron chi connectivity index (χ2n) is 6.95. The number of aliphatic imine (C=N–C) groups is 1. The van der Waals surface area contributed by atoms with Gasteiger partial charge in [-0.2, -0.15) is 0 Å². The highest BCUT2D eigenvalue weighted by molar-refractivity contribution is 5.79. The van der Waals surface area contributed by atoms with E-state index in [-0.39, 0.29) is 0 Å². The zero-order chi connectivity index (χ0) is 18.9. The molecule has 0 saturated carbocycles. The minimum atomic E-state index is 0.430. The number of ether oxygens (including phenoxy) is 1. The highest BCUT2D eigenvalue weighted by Gasteiger charge is 2.16. The second kappa shape index (κ2) is 10.3. The van der Waals surface area contributed by atoms with E-state index in [1.807, 2.05) is 18.2 Å². The van der Waals surface area contributed by atoms with Crippen LogP contribution in [-0.2, 0) is 11.2 Å². The molecule has 1 saturated heterocycles. The standard InChI is InChI=1S/C20H32N6O/c1-3-21-20(23-15-16(2)26-11-13-27-14-12-26)22-10-6-9-19-24-17-7-4-5-8-18(17)25-19/h4-5,7-8,16H,3,6,9-15H2,1-2H3,(H,24,25)(H2,21,22,23). The molecule has 1 aromatic carbocycles. The smallest absolute Gasteiger partial charge is 0.191 e. The fraction of sp³-hybridized carbons (Fsp3) is 0.600. The highest BCUT2D eigenvalue weighted by atomic mass is 16.5. The predicted molar refractivity (Wildman–Crippen MR) is 110 cm³/mol. The van der Waals surface area contributed by atoms with Gasteiger partial charge >= 0.3 is 0 Å². The summed E-state index contributed by atoms with van der Waals surface area (Å²) in [6, 6.07) is 8.59. The monoisotopic (exact) mass is 372 g/mol. The average molecular weight is 373 g/mol. The number of rotatable bonds is 8. The quantitative estimate of drug-likeness (QED) is 0.374. The maximum Gasteiger partial charge on any atom is 0.191 e. The normalized spacial score (nSPS) is 17.2. The number of hydrogen-bond donors (Lipinski definition) is 3. The third kappa shape index (κ3) is 5.94. The van der Waals surface area contributed by atoms with Crippen LogP contribution in [-0.4, -0.2) is 72.8 Å². The number of nitrogens with one attached hydrogen (secondary N) is 3. The molecule has 1 aliphatic heterocycles. The summed E-state index contributed by atoms with van der Waals surface area (Å²) in [6.45, 7) is 10.5. The molecule has 27 heavy (non-hydrogen) atoms. The van der Waals surface area contributed by atoms with E-state index in [1.165, 1.54) is 0 Å². The molecule has 0 amide bonds. The van der Waals surface area contributed by atoms with Gasteiger partial charge in [-0.25, -0.2) is 4.98 Å². The van der Waals surface area contributed by atoms with Crippen LogP contribution in [0.25, 0.3) is 11.0 Å². The molecular formula is C20H32N6O. The van der Waals surface area contributed by atoms with Crippen LogP contribution in [0, 0.1) is 0 Å². The summed E-state index contributed by atoms with van der Waals surface area (Å²) in [5, 5.41) is 6.77. The summed E-state index contributed by atoms with van der Waals surface area (Å²) < 4.78 is 5.43. The van der Waals surface area contributed by atoms with Gasteiger partial charge in [-0.3, -0.25) is 9.89 Å². The topological polar surface area (TPSA) is 77.6 Å². The molecule has 0 bridgehead atoms. The largest absolute Gasteiger partial charge is 0.379 e. The molecule has 1 unspecified atom stereocenters. The van der Waals surface area contributed by atoms with Gasteiger partial charge in [0, 0.05) is 38.6 Å². The molecule has 3 rings (SSSR count). The second-order valence-corrected chi connectivity index (χ2v) is 6.95. The van der Waals surface area contributed by atoms with Crippen molar-refractivity contribution in [3.8, 4) is 0 Å². The number of nitrogens with zero attached hydrogens (tertiary/aromatic N) is 3. The summed E-state index contributed by atoms with van der Waals surface area (Å²) in [4.78, 5) is 15.2. The van der Waals surface area contributed by atoms with Crippen molar-refractivity contribution in [1.29, 1.82) is 0 Å². The Balaban J connectivity index is 1.43. The van der Waals surface area contributed by atoms with E-state index < -0.39 is 0 Å². The molecule has 2 heterocycles. The van der Waals surface area contributed by atoms with Gasteiger partial charge in [0.1, 0.15) is 5.82 Å². The molecule has 7 heteroatoms. The molecule has 2 aromatic rings. The van der Waals surface area contributed by atoms with Gasteiger partial charge in [-0.05, 0) is 32.4 Å². The van der Waals surface area contributed by atoms with Crippen molar-refractivity contribution in [3.63, 3.8) is 0 Å². The highest BCUT2D eigenvalue weighted by Crippen LogP contribution is 2.11. The van der Waals surface area contributed by atoms with Crippen LogP contribution in [0.4, 0.5) is 0 Å². The molecule has 1 aromatic heterocycles. The van der Waals surface area contributed by atoms with Crippen LogP contribution in [0.15, 0.2) is 29.3 Å². The van der Waals surface area contributed by atoms with Gasteiger partial charge < -0.3 is 20.4 Å². The molecule has 148 valence electrons. The molecule has 1 atom stereocenters. The number of guanidine groups is 1. The Morgan fingerprint density at radius 2 is 2.11 bits per heavy atom. The lowest BCUT2D eigenvalue weighted by atomic mass is 10.2. The van der Waals surface area contributed by atoms with Crippen molar-refractivity contribution >= 4 is 17.0 Å². The van der Waals surface area contributed by atoms with Gasteiger partial charge in [0.15, 0.2) is 5.96 Å². The SMILES string of the molecule is CCNC(=NCC(C)N1CCOCC1)NCCCc1nc2ccccc2[nH]1. The maximum atomic E-state index is 5.43. The number of benzene rings is 1. The molecular weight excluding hydrogens is 340 g/mol. The first-order valence-electron chi connectivity index (χ1n) is 10.0. The van der Waals surface area contributed by atoms with E-state index in [0.29, 0.717) is 6.04 Å². The van der Waals surface area contributed by atoms with Gasteiger partial charge in [-0.15, -0.1) is 0 Å². The van der Waals surface area contributed by atoms with Crippen molar-refractivity contribution in [2.75, 3.05) is 45.9 Å². The number of aromatic nitrogens is 2. The third-order valence-electron chi connectivity index (χ3n) is 4.85. The molecule has 1 fully saturated rings. The molecule has 1 aliphatic rings. The lowest BCUT2D eigenvalue weighted by molar-refractivity contribution is 0.0220. The maximum absolute atomic E-state index is 5.43. The summed E-state index contributed by atoms with van der Waals surface area (Å²) >= 11 is 0. The first kappa shape index (κ1) is 19.6. The Morgan fingerprint density at radius 3 is 2.89 bits per heavy atom. The van der Waals surface area contributed by atoms with Gasteiger partial charge in [0.05, 0.1) is 30.8 Å². The number of aryl methyl sites for hydroxylation is 1. The lowest BCUT2D eigenvalue weighted by Crippen LogP contribution is -2.44. The van der Waals surface area contributed by atoms with Crippen LogP contribution >= 0.6 is 0 Å². The molecule has 0 spiro atoms. The minimum absolute atomic E-state index is 0.430. The third-order valence-corrected chi connectivity index (χ3v) is 4.85. The number of morpholine rings is 1. The van der Waals surface area contributed by atoms with E-state index in [4.69, 9.17) is 9.73 Å². The minimum Gasteiger partial charge on any atom is -0.379 e. The summed E-state index contributed by atoms with van der Waals surface area (Å²) in [6.07, 6.45) is 1.93. The summed E-state index contributed by atoms with van der Waals surface area (Å²) in [5.41, 5.74) is 2.14. The van der Waals surface area contributed by atoms with Crippen LogP contribution in [0.5, 0.6) is 0 Å². The van der Waals surface area contributed by atoms with E-state index in [1.54, 1.807) is 0 Å². The number of para-hydroxylation sites is 2. The van der Waals surface area contributed by atoms with Crippen LogP contribution in [0.3, 0.4) is 0 Å². The first-order chi connectivity index (χ1) is 13.3. The number of H-pyrrole nitrogens is 1. The van der Waals surface area contributed by atoms with Gasteiger partial charge in [0.2, 0.25) is 0 Å². The summed E-state index contributed by atoms with van der Waals surface area (Å²) in [5.74, 6) is 1.93. The first-order valence-corrected chi connectivity index (χ1v) is 10.0. The Hall–Kier alpha value is -2.12. The Morgan fingerprint density at radius 1 is 1.30 bits per heavy atom. The fourth-order valence-electron chi connectivity index (χ4n) is 3.29. The number of imidazole rings is 1. The Bertz CT molecular complexity index is 689. The Labute approximate surface area is 161 Å². The number of fused-ring (bicyclic) bond motifs is 1. The van der Waals surface area contributed by atoms with E-state index >= 15 is 0 Å². The molecule has 3 N–H and O–H groups in total. The van der Waals surface area contributed by atoms with E-state index in [0.717, 1.165) is 81.6 Å². The molecule has 0 aliphatic carbocycles. The number of hydrogen-bond acceptors (Lipinski definition) is 4. The van der Waals surface area contributed by atoms with Crippen molar-refractivity contribution < 1.29 is 4.74 Å². The zero-order valence-corrected chi connectivity index (χ0v) is 16.5.